The summed E-state index contributed by atoms with van der Waals surface area (Å²) in [5, 5.41) is 87.4. The summed E-state index contributed by atoms with van der Waals surface area (Å²) in [6, 6.07) is -0.942. The van der Waals surface area contributed by atoms with E-state index in [1.807, 2.05) is 6.08 Å². The number of rotatable bonds is 58. The van der Waals surface area contributed by atoms with E-state index in [0.29, 0.717) is 12.8 Å². The SMILES string of the molecule is CC/C=C\C/C=C\C/C=C\C/C=C\CCCCCCCCCCCCCCCCCCCCC(=O)NC(COC1OC(CO)C(OC2OC(CO)C(O)C(O)C2O)C(O)C1O)C(O)/C=C/CC/C=C/CC/C=C/CCCCCCCCCCCCCCC. The Balaban J connectivity index is 1.68. The molecule has 14 heteroatoms. The summed E-state index contributed by atoms with van der Waals surface area (Å²) in [4.78, 5) is 13.3. The average Bonchev–Trinajstić information content (AvgIpc) is 3.10. The Morgan fingerprint density at radius 1 is 0.420 bits per heavy atom. The Bertz CT molecular complexity index is 1800. The van der Waals surface area contributed by atoms with Gasteiger partial charge >= 0.3 is 0 Å². The van der Waals surface area contributed by atoms with Crippen LogP contribution in [-0.2, 0) is 23.7 Å². The molecule has 0 aromatic heterocycles. The molecule has 12 unspecified atom stereocenters. The third kappa shape index (κ3) is 41.6. The highest BCUT2D eigenvalue weighted by atomic mass is 16.7. The molecule has 2 saturated heterocycles. The summed E-state index contributed by atoms with van der Waals surface area (Å²) in [5.74, 6) is -0.252. The number of carbonyl (C=O) groups is 1. The maximum absolute atomic E-state index is 13.3. The molecular weight excluding hydrogens is 1110 g/mol. The minimum absolute atomic E-state index is 0.252. The summed E-state index contributed by atoms with van der Waals surface area (Å²) in [7, 11) is 0. The van der Waals surface area contributed by atoms with Crippen molar-refractivity contribution in [1.29, 1.82) is 0 Å². The van der Waals surface area contributed by atoms with Crippen LogP contribution >= 0.6 is 0 Å². The summed E-state index contributed by atoms with van der Waals surface area (Å²) >= 11 is 0. The van der Waals surface area contributed by atoms with Gasteiger partial charge in [0.15, 0.2) is 12.6 Å². The summed E-state index contributed by atoms with van der Waals surface area (Å²) in [5.41, 5.74) is 0. The second-order valence-electron chi connectivity index (χ2n) is 25.0. The molecule has 0 spiro atoms. The molecule has 14 nitrogen and oxygen atoms in total. The van der Waals surface area contributed by atoms with Crippen molar-refractivity contribution in [2.24, 2.45) is 0 Å². The lowest BCUT2D eigenvalue weighted by molar-refractivity contribution is -0.359. The third-order valence-corrected chi connectivity index (χ3v) is 17.0. The number of aliphatic hydroxyl groups is 8. The monoisotopic (exact) mass is 1240 g/mol. The number of hydrogen-bond acceptors (Lipinski definition) is 13. The fourth-order valence-corrected chi connectivity index (χ4v) is 11.4. The minimum atomic E-state index is -1.80. The van der Waals surface area contributed by atoms with E-state index in [9.17, 15) is 45.6 Å². The first-order valence-electron chi connectivity index (χ1n) is 35.8. The topological polar surface area (TPSA) is 228 Å². The molecule has 0 aliphatic carbocycles. The largest absolute Gasteiger partial charge is 0.394 e. The minimum Gasteiger partial charge on any atom is -0.394 e. The number of nitrogens with one attached hydrogen (secondary N) is 1. The van der Waals surface area contributed by atoms with E-state index in [-0.39, 0.29) is 18.9 Å². The van der Waals surface area contributed by atoms with Gasteiger partial charge in [-0.05, 0) is 83.5 Å². The maximum Gasteiger partial charge on any atom is 0.220 e. The quantitative estimate of drug-likeness (QED) is 0.0204. The van der Waals surface area contributed by atoms with Crippen LogP contribution in [0.2, 0.25) is 0 Å². The zero-order valence-corrected chi connectivity index (χ0v) is 55.4. The molecule has 9 N–H and O–H groups in total. The first kappa shape index (κ1) is 81.3. The average molecular weight is 1240 g/mol. The Morgan fingerprint density at radius 3 is 1.25 bits per heavy atom. The van der Waals surface area contributed by atoms with E-state index in [1.165, 1.54) is 180 Å². The molecule has 2 heterocycles. The van der Waals surface area contributed by atoms with Crippen molar-refractivity contribution in [3.8, 4) is 0 Å². The lowest BCUT2D eigenvalue weighted by Crippen LogP contribution is -2.65. The third-order valence-electron chi connectivity index (χ3n) is 17.0. The fraction of sp³-hybridized carbons (Fsp3) is 0.797. The molecule has 510 valence electrons. The summed E-state index contributed by atoms with van der Waals surface area (Å²) < 4.78 is 22.8. The molecule has 88 heavy (non-hydrogen) atoms. The van der Waals surface area contributed by atoms with Gasteiger partial charge in [0.2, 0.25) is 5.91 Å². The van der Waals surface area contributed by atoms with Crippen molar-refractivity contribution in [2.45, 2.75) is 357 Å². The predicted octanol–water partition coefficient (Wildman–Crippen LogP) is 14.8. The molecule has 0 saturated carbocycles. The highest BCUT2D eigenvalue weighted by molar-refractivity contribution is 5.76. The molecule has 12 atom stereocenters. The van der Waals surface area contributed by atoms with Crippen LogP contribution < -0.4 is 5.32 Å². The van der Waals surface area contributed by atoms with E-state index >= 15 is 0 Å². The van der Waals surface area contributed by atoms with E-state index in [0.717, 1.165) is 70.6 Å². The van der Waals surface area contributed by atoms with E-state index in [4.69, 9.17) is 18.9 Å². The molecule has 1 amide bonds. The standard InChI is InChI=1S/C74H131NO13/c1-3-5-7-9-11-13-15-17-19-21-23-25-27-28-29-30-31-32-33-34-36-38-40-42-44-46-48-50-52-54-56-58-66(79)75-62(61-85-73-71(84)69(82)72(65(60-77)87-73)88-74-70(83)68(81)67(80)64(59-76)86-74)63(78)57-55-53-51-49-47-45-43-41-39-37-35-26-24-22-20-18-16-14-12-10-8-6-4-2/h5,7,11,13,17,19,23,25,39,41,47,49,55,57,62-65,67-74,76-78,80-84H,3-4,6,8-10,12,14-16,18,20-22,24,26-38,40,42-46,48,50-54,56,58-61H2,1-2H3,(H,75,79)/b7-5-,13-11-,19-17-,25-23-,41-39+,49-47+,57-55+. The Hall–Kier alpha value is -2.83. The van der Waals surface area contributed by atoms with Crippen LogP contribution in [0.25, 0.3) is 0 Å². The molecule has 2 aliphatic heterocycles. The maximum atomic E-state index is 13.3. The van der Waals surface area contributed by atoms with Gasteiger partial charge in [0.1, 0.15) is 48.8 Å². The second-order valence-corrected chi connectivity index (χ2v) is 25.0. The molecule has 2 aliphatic rings. The molecule has 2 fully saturated rings. The van der Waals surface area contributed by atoms with E-state index in [2.05, 4.69) is 92.1 Å². The van der Waals surface area contributed by atoms with Crippen molar-refractivity contribution in [1.82, 2.24) is 5.32 Å². The number of hydrogen-bond donors (Lipinski definition) is 9. The highest BCUT2D eigenvalue weighted by Crippen LogP contribution is 2.30. The van der Waals surface area contributed by atoms with Crippen LogP contribution in [0.1, 0.15) is 284 Å². The number of amides is 1. The van der Waals surface area contributed by atoms with Gasteiger partial charge in [-0.2, -0.15) is 0 Å². The van der Waals surface area contributed by atoms with Crippen LogP contribution in [0.5, 0.6) is 0 Å². The molecule has 0 radical (unpaired) electrons. The van der Waals surface area contributed by atoms with Crippen LogP contribution in [0.3, 0.4) is 0 Å². The van der Waals surface area contributed by atoms with Crippen LogP contribution in [0.15, 0.2) is 85.1 Å². The fourth-order valence-electron chi connectivity index (χ4n) is 11.4. The smallest absolute Gasteiger partial charge is 0.220 e. The van der Waals surface area contributed by atoms with Crippen molar-refractivity contribution >= 4 is 5.91 Å². The van der Waals surface area contributed by atoms with Gasteiger partial charge in [0.05, 0.1) is 32.0 Å². The van der Waals surface area contributed by atoms with Crippen LogP contribution in [0.4, 0.5) is 0 Å². The van der Waals surface area contributed by atoms with Crippen molar-refractivity contribution in [2.75, 3.05) is 19.8 Å². The normalized spacial score (nSPS) is 23.7. The number of carbonyl (C=O) groups excluding carboxylic acids is 1. The number of ether oxygens (including phenoxy) is 4. The van der Waals surface area contributed by atoms with Crippen LogP contribution in [-0.4, -0.2) is 140 Å². The number of aliphatic hydroxyl groups excluding tert-OH is 8. The van der Waals surface area contributed by atoms with E-state index < -0.39 is 86.8 Å². The van der Waals surface area contributed by atoms with Crippen molar-refractivity contribution in [3.05, 3.63) is 85.1 Å². The zero-order valence-electron chi connectivity index (χ0n) is 55.4. The van der Waals surface area contributed by atoms with Gasteiger partial charge in [0, 0.05) is 6.42 Å². The predicted molar refractivity (Wildman–Crippen MR) is 360 cm³/mol. The van der Waals surface area contributed by atoms with Crippen molar-refractivity contribution in [3.63, 3.8) is 0 Å². The lowest BCUT2D eigenvalue weighted by atomic mass is 9.97. The number of unbranched alkanes of at least 4 members (excludes halogenated alkanes) is 33. The lowest BCUT2D eigenvalue weighted by Gasteiger charge is -2.46. The van der Waals surface area contributed by atoms with Gasteiger partial charge in [-0.3, -0.25) is 4.79 Å². The Kier molecular flexibility index (Phi) is 53.6. The molecular formula is C74H131NO13. The summed E-state index contributed by atoms with van der Waals surface area (Å²) in [6.45, 7) is 2.69. The first-order chi connectivity index (χ1) is 43.1. The Morgan fingerprint density at radius 2 is 0.795 bits per heavy atom. The second kappa shape index (κ2) is 58.0. The van der Waals surface area contributed by atoms with Crippen molar-refractivity contribution < 1.29 is 64.6 Å². The van der Waals surface area contributed by atoms with E-state index in [1.54, 1.807) is 6.08 Å². The molecule has 2 rings (SSSR count). The van der Waals surface area contributed by atoms with Gasteiger partial charge in [-0.25, -0.2) is 0 Å². The molecule has 0 bridgehead atoms. The van der Waals surface area contributed by atoms with Gasteiger partial charge in [-0.15, -0.1) is 0 Å². The van der Waals surface area contributed by atoms with Gasteiger partial charge in [-0.1, -0.05) is 279 Å². The zero-order chi connectivity index (χ0) is 63.8. The summed E-state index contributed by atoms with van der Waals surface area (Å²) in [6.07, 6.45) is 63.6. The highest BCUT2D eigenvalue weighted by Gasteiger charge is 2.51. The van der Waals surface area contributed by atoms with Gasteiger partial charge in [0.25, 0.3) is 0 Å². The molecule has 0 aromatic rings. The molecule has 0 aromatic carbocycles. The Labute approximate surface area is 535 Å². The van der Waals surface area contributed by atoms with Crippen LogP contribution in [0, 0.1) is 0 Å². The van der Waals surface area contributed by atoms with Gasteiger partial charge < -0.3 is 65.1 Å². The first-order valence-corrected chi connectivity index (χ1v) is 35.8. The number of allylic oxidation sites excluding steroid dienone is 13.